The summed E-state index contributed by atoms with van der Waals surface area (Å²) in [6.07, 6.45) is 2.52. The number of benzene rings is 1. The van der Waals surface area contributed by atoms with Crippen molar-refractivity contribution < 1.29 is 0 Å². The minimum atomic E-state index is -0.0965. The molecule has 1 rings (SSSR count). The van der Waals surface area contributed by atoms with E-state index in [-0.39, 0.29) is 32.7 Å². The highest BCUT2D eigenvalue weighted by atomic mass is 31.1. The summed E-state index contributed by atoms with van der Waals surface area (Å²) in [4.78, 5) is 0. The van der Waals surface area contributed by atoms with E-state index in [0.717, 1.165) is 5.66 Å². The van der Waals surface area contributed by atoms with Crippen molar-refractivity contribution in [3.05, 3.63) is 35.4 Å². The molecule has 4 heteroatoms. The molecule has 0 aliphatic rings. The maximum absolute atomic E-state index is 2.43. The molecule has 6 radical (unpaired) electrons. The van der Waals surface area contributed by atoms with Crippen molar-refractivity contribution in [3.63, 3.8) is 0 Å². The van der Waals surface area contributed by atoms with E-state index in [1.54, 1.807) is 11.1 Å². The molecular formula is C23H42B2P2. The summed E-state index contributed by atoms with van der Waals surface area (Å²) in [5.74, 6) is 0. The summed E-state index contributed by atoms with van der Waals surface area (Å²) in [6, 6.07) is 9.29. The molecule has 1 aromatic carbocycles. The Morgan fingerprint density at radius 3 is 1.33 bits per heavy atom. The summed E-state index contributed by atoms with van der Waals surface area (Å²) in [5.41, 5.74) is 3.99. The monoisotopic (exact) mass is 402 g/mol. The van der Waals surface area contributed by atoms with Gasteiger partial charge in [0.1, 0.15) is 0 Å². The van der Waals surface area contributed by atoms with Gasteiger partial charge in [-0.15, -0.1) is 0 Å². The Hall–Kier alpha value is 0.210. The van der Waals surface area contributed by atoms with Gasteiger partial charge in [-0.3, -0.25) is 0 Å². The van der Waals surface area contributed by atoms with E-state index in [0.29, 0.717) is 15.5 Å². The van der Waals surface area contributed by atoms with Gasteiger partial charge in [0, 0.05) is 16.8 Å². The zero-order valence-corrected chi connectivity index (χ0v) is 21.6. The largest absolute Gasteiger partial charge is 0.0940 e. The highest BCUT2D eigenvalue weighted by molar-refractivity contribution is 7.60. The normalized spacial score (nSPS) is 14.0. The maximum atomic E-state index is 2.43. The lowest BCUT2D eigenvalue weighted by Crippen LogP contribution is -2.26. The Labute approximate surface area is 177 Å². The molecule has 0 spiro atoms. The van der Waals surface area contributed by atoms with Crippen molar-refractivity contribution in [2.24, 2.45) is 0 Å². The van der Waals surface area contributed by atoms with Crippen LogP contribution in [-0.2, 0) is 12.3 Å². The van der Waals surface area contributed by atoms with E-state index in [2.05, 4.69) is 100 Å². The molecule has 0 aliphatic carbocycles. The molecule has 0 fully saturated rings. The van der Waals surface area contributed by atoms with Gasteiger partial charge in [0.2, 0.25) is 0 Å². The Balaban J connectivity index is 0. The van der Waals surface area contributed by atoms with Gasteiger partial charge in [-0.25, -0.2) is 0 Å². The standard InChI is InChI=1S/C23H42P2.2B/c1-18(2)24(21(3,4)5)16-19-14-12-13-15-20(19)17-25(22(6,7)8)23(9,10)11;;/h12-15,18H,16-17H2,1-11H3;;. The molecule has 0 aromatic heterocycles. The average molecular weight is 402 g/mol. The minimum absolute atomic E-state index is 0. The molecule has 27 heavy (non-hydrogen) atoms. The van der Waals surface area contributed by atoms with Crippen LogP contribution in [0.5, 0.6) is 0 Å². The average Bonchev–Trinajstić information content (AvgIpc) is 2.38. The molecule has 0 aliphatic heterocycles. The lowest BCUT2D eigenvalue weighted by Gasteiger charge is -2.42. The van der Waals surface area contributed by atoms with Crippen LogP contribution < -0.4 is 0 Å². The van der Waals surface area contributed by atoms with E-state index < -0.39 is 0 Å². The van der Waals surface area contributed by atoms with Crippen molar-refractivity contribution in [3.8, 4) is 0 Å². The minimum Gasteiger partial charge on any atom is -0.0940 e. The summed E-state index contributed by atoms with van der Waals surface area (Å²) in [7, 11) is -0.124. The van der Waals surface area contributed by atoms with Crippen LogP contribution in [0.15, 0.2) is 24.3 Å². The lowest BCUT2D eigenvalue weighted by atomic mass is 10.1. The van der Waals surface area contributed by atoms with Gasteiger partial charge < -0.3 is 0 Å². The second-order valence-corrected chi connectivity index (χ2v) is 18.1. The molecular weight excluding hydrogens is 360 g/mol. The first-order chi connectivity index (χ1) is 11.1. The zero-order chi connectivity index (χ0) is 19.6. The van der Waals surface area contributed by atoms with Crippen LogP contribution in [-0.4, -0.2) is 38.0 Å². The molecule has 0 saturated heterocycles. The van der Waals surface area contributed by atoms with Crippen molar-refractivity contribution in [2.75, 3.05) is 0 Å². The van der Waals surface area contributed by atoms with Gasteiger partial charge in [-0.2, -0.15) is 0 Å². The first-order valence-electron chi connectivity index (χ1n) is 9.75. The smallest absolute Gasteiger partial charge is 0 e. The third-order valence-electron chi connectivity index (χ3n) is 4.89. The maximum Gasteiger partial charge on any atom is 0 e. The topological polar surface area (TPSA) is 0 Å². The van der Waals surface area contributed by atoms with Crippen molar-refractivity contribution >= 4 is 32.7 Å². The highest BCUT2D eigenvalue weighted by Gasteiger charge is 2.35. The second-order valence-electron chi connectivity index (χ2n) is 10.6. The first kappa shape index (κ1) is 29.4. The van der Waals surface area contributed by atoms with Crippen LogP contribution in [0.4, 0.5) is 0 Å². The highest BCUT2D eigenvalue weighted by Crippen LogP contribution is 2.62. The second kappa shape index (κ2) is 10.8. The van der Waals surface area contributed by atoms with Gasteiger partial charge in [0.15, 0.2) is 0 Å². The van der Waals surface area contributed by atoms with E-state index >= 15 is 0 Å². The summed E-state index contributed by atoms with van der Waals surface area (Å²) < 4.78 is 0. The predicted octanol–water partition coefficient (Wildman–Crippen LogP) is 7.69. The predicted molar refractivity (Wildman–Crippen MR) is 134 cm³/mol. The van der Waals surface area contributed by atoms with Crippen molar-refractivity contribution in [1.29, 1.82) is 0 Å². The molecule has 150 valence electrons. The Morgan fingerprint density at radius 2 is 1.04 bits per heavy atom. The third kappa shape index (κ3) is 9.05. The zero-order valence-electron chi connectivity index (χ0n) is 19.9. The fraction of sp³-hybridized carbons (Fsp3) is 0.739. The van der Waals surface area contributed by atoms with Gasteiger partial charge in [0.05, 0.1) is 0 Å². The molecule has 1 unspecified atom stereocenters. The fourth-order valence-electron chi connectivity index (χ4n) is 3.89. The summed E-state index contributed by atoms with van der Waals surface area (Å²) in [5, 5.41) is 1.18. The molecule has 0 heterocycles. The van der Waals surface area contributed by atoms with Crippen LogP contribution in [0.3, 0.4) is 0 Å². The van der Waals surface area contributed by atoms with Gasteiger partial charge in [-0.1, -0.05) is 116 Å². The summed E-state index contributed by atoms with van der Waals surface area (Å²) >= 11 is 0. The number of hydrogen-bond acceptors (Lipinski definition) is 0. The van der Waals surface area contributed by atoms with E-state index in [1.165, 1.54) is 12.3 Å². The Bertz CT molecular complexity index is 535. The summed E-state index contributed by atoms with van der Waals surface area (Å²) in [6.45, 7) is 26.7. The van der Waals surface area contributed by atoms with Crippen LogP contribution in [0.25, 0.3) is 0 Å². The van der Waals surface area contributed by atoms with E-state index in [1.807, 2.05) is 0 Å². The fourth-order valence-corrected chi connectivity index (χ4v) is 10.6. The van der Waals surface area contributed by atoms with Gasteiger partial charge >= 0.3 is 0 Å². The first-order valence-corrected chi connectivity index (χ1v) is 12.9. The Kier molecular flexibility index (Phi) is 11.8. The Morgan fingerprint density at radius 1 is 0.667 bits per heavy atom. The van der Waals surface area contributed by atoms with Crippen LogP contribution in [0, 0.1) is 0 Å². The van der Waals surface area contributed by atoms with Crippen LogP contribution in [0.2, 0.25) is 0 Å². The van der Waals surface area contributed by atoms with Crippen molar-refractivity contribution in [1.82, 2.24) is 0 Å². The molecule has 0 amide bonds. The molecule has 0 nitrogen and oxygen atoms in total. The molecule has 0 saturated carbocycles. The van der Waals surface area contributed by atoms with Gasteiger partial charge in [0.25, 0.3) is 0 Å². The third-order valence-corrected chi connectivity index (χ3v) is 12.4. The molecule has 1 aromatic rings. The number of rotatable bonds is 5. The molecule has 0 bridgehead atoms. The molecule has 1 atom stereocenters. The van der Waals surface area contributed by atoms with Crippen LogP contribution in [0.1, 0.15) is 87.3 Å². The lowest BCUT2D eigenvalue weighted by molar-refractivity contribution is 0.702. The quantitative estimate of drug-likeness (QED) is 0.350. The van der Waals surface area contributed by atoms with E-state index in [9.17, 15) is 0 Å². The molecule has 0 N–H and O–H groups in total. The van der Waals surface area contributed by atoms with Gasteiger partial charge in [-0.05, 0) is 44.6 Å². The van der Waals surface area contributed by atoms with Crippen LogP contribution >= 0.6 is 15.8 Å². The van der Waals surface area contributed by atoms with Crippen molar-refractivity contribution in [2.45, 2.75) is 110 Å². The number of hydrogen-bond donors (Lipinski definition) is 0. The van der Waals surface area contributed by atoms with E-state index in [4.69, 9.17) is 0 Å². The SMILES string of the molecule is CC(C)P(Cc1ccccc1CP(C(C)(C)C)C(C)(C)C)C(C)(C)C.[B].[B].